The number of hydrogen-bond donors (Lipinski definition) is 1. The Morgan fingerprint density at radius 1 is 1.57 bits per heavy atom. The molecule has 1 unspecified atom stereocenters. The predicted molar refractivity (Wildman–Crippen MR) is 81.3 cm³/mol. The minimum Gasteiger partial charge on any atom is -0.370 e. The average Bonchev–Trinajstić information content (AvgIpc) is 2.95. The quantitative estimate of drug-likeness (QED) is 0.672. The Morgan fingerprint density at radius 3 is 2.90 bits per heavy atom. The number of nitro benzene ring substituents is 1. The molecule has 1 aromatic heterocycles. The lowest BCUT2D eigenvalue weighted by Crippen LogP contribution is -2.08. The molecule has 1 atom stereocenters. The van der Waals surface area contributed by atoms with E-state index < -0.39 is 4.92 Å². The molecular formula is C14H14N4O2S. The molecule has 0 radical (unpaired) electrons. The molecule has 0 aliphatic rings. The number of benzene rings is 1. The first-order chi connectivity index (χ1) is 10.0. The molecule has 0 saturated carbocycles. The molecule has 0 aliphatic heterocycles. The highest BCUT2D eigenvalue weighted by molar-refractivity contribution is 7.11. The molecule has 108 valence electrons. The number of hydrogen-bond acceptors (Lipinski definition) is 6. The first-order valence-electron chi connectivity index (χ1n) is 6.44. The summed E-state index contributed by atoms with van der Waals surface area (Å²) in [6.45, 7) is 3.94. The van der Waals surface area contributed by atoms with E-state index in [4.69, 9.17) is 5.26 Å². The number of nitrogens with one attached hydrogen (secondary N) is 1. The molecular weight excluding hydrogens is 288 g/mol. The number of nitriles is 1. The van der Waals surface area contributed by atoms with Crippen molar-refractivity contribution >= 4 is 22.7 Å². The van der Waals surface area contributed by atoms with Gasteiger partial charge in [-0.15, -0.1) is 11.3 Å². The molecule has 7 heteroatoms. The normalized spacial score (nSPS) is 11.7. The van der Waals surface area contributed by atoms with E-state index >= 15 is 0 Å². The maximum Gasteiger partial charge on any atom is 0.292 e. The number of anilines is 1. The van der Waals surface area contributed by atoms with Crippen molar-refractivity contribution in [2.75, 3.05) is 5.32 Å². The zero-order valence-electron chi connectivity index (χ0n) is 11.7. The highest BCUT2D eigenvalue weighted by Gasteiger charge is 2.18. The Hall–Kier alpha value is -2.46. The monoisotopic (exact) mass is 302 g/mol. The van der Waals surface area contributed by atoms with Gasteiger partial charge in [0, 0.05) is 17.1 Å². The molecule has 21 heavy (non-hydrogen) atoms. The van der Waals surface area contributed by atoms with Crippen LogP contribution in [0.1, 0.15) is 35.3 Å². The smallest absolute Gasteiger partial charge is 0.292 e. The summed E-state index contributed by atoms with van der Waals surface area (Å²) < 4.78 is 0. The van der Waals surface area contributed by atoms with Gasteiger partial charge in [-0.05, 0) is 25.5 Å². The van der Waals surface area contributed by atoms with Gasteiger partial charge >= 0.3 is 0 Å². The van der Waals surface area contributed by atoms with Gasteiger partial charge in [0.1, 0.15) is 10.7 Å². The summed E-state index contributed by atoms with van der Waals surface area (Å²) in [4.78, 5) is 16.1. The van der Waals surface area contributed by atoms with Gasteiger partial charge in [-0.25, -0.2) is 4.98 Å². The molecule has 0 fully saturated rings. The summed E-state index contributed by atoms with van der Waals surface area (Å²) in [5, 5.41) is 23.9. The van der Waals surface area contributed by atoms with Crippen LogP contribution in [0.2, 0.25) is 0 Å². The second kappa shape index (κ2) is 6.33. The van der Waals surface area contributed by atoms with Crippen LogP contribution in [-0.4, -0.2) is 9.91 Å². The van der Waals surface area contributed by atoms with E-state index in [-0.39, 0.29) is 11.7 Å². The molecule has 2 rings (SSSR count). The number of thiazole rings is 1. The van der Waals surface area contributed by atoms with Gasteiger partial charge in [-0.1, -0.05) is 6.92 Å². The van der Waals surface area contributed by atoms with Crippen LogP contribution in [-0.2, 0) is 6.42 Å². The van der Waals surface area contributed by atoms with Crippen LogP contribution < -0.4 is 5.32 Å². The van der Waals surface area contributed by atoms with Crippen LogP contribution in [0.5, 0.6) is 0 Å². The molecule has 0 bridgehead atoms. The minimum atomic E-state index is -0.463. The van der Waals surface area contributed by atoms with Gasteiger partial charge in [-0.2, -0.15) is 5.26 Å². The van der Waals surface area contributed by atoms with E-state index in [1.807, 2.05) is 19.2 Å². The fourth-order valence-corrected chi connectivity index (χ4v) is 2.72. The maximum atomic E-state index is 11.1. The molecule has 6 nitrogen and oxygen atoms in total. The molecule has 0 spiro atoms. The molecule has 2 aromatic rings. The second-order valence-corrected chi connectivity index (χ2v) is 5.63. The van der Waals surface area contributed by atoms with Gasteiger partial charge < -0.3 is 5.32 Å². The maximum absolute atomic E-state index is 11.1. The molecule has 0 aliphatic carbocycles. The summed E-state index contributed by atoms with van der Waals surface area (Å²) >= 11 is 1.58. The van der Waals surface area contributed by atoms with E-state index in [0.717, 1.165) is 11.4 Å². The van der Waals surface area contributed by atoms with Crippen molar-refractivity contribution in [2.24, 2.45) is 0 Å². The minimum absolute atomic E-state index is 0.0480. The number of aromatic nitrogens is 1. The summed E-state index contributed by atoms with van der Waals surface area (Å²) in [6, 6.07) is 6.09. The molecule has 0 saturated heterocycles. The summed E-state index contributed by atoms with van der Waals surface area (Å²) in [5.41, 5.74) is 0.664. The van der Waals surface area contributed by atoms with Crippen LogP contribution in [0.25, 0.3) is 0 Å². The largest absolute Gasteiger partial charge is 0.370 e. The summed E-state index contributed by atoms with van der Waals surface area (Å²) in [5.74, 6) is 0. The molecule has 1 aromatic carbocycles. The van der Waals surface area contributed by atoms with Crippen molar-refractivity contribution in [3.63, 3.8) is 0 Å². The fraction of sp³-hybridized carbons (Fsp3) is 0.286. The highest BCUT2D eigenvalue weighted by Crippen LogP contribution is 2.30. The van der Waals surface area contributed by atoms with E-state index in [1.54, 1.807) is 11.3 Å². The predicted octanol–water partition coefficient (Wildman–Crippen LogP) is 3.66. The third-order valence-corrected chi connectivity index (χ3v) is 4.31. The number of nitrogens with zero attached hydrogens (tertiary/aromatic N) is 3. The van der Waals surface area contributed by atoms with Crippen molar-refractivity contribution in [1.82, 2.24) is 4.98 Å². The summed E-state index contributed by atoms with van der Waals surface area (Å²) in [6.07, 6.45) is 2.73. The Labute approximate surface area is 126 Å². The lowest BCUT2D eigenvalue weighted by Gasteiger charge is -2.13. The Kier molecular flexibility index (Phi) is 4.50. The van der Waals surface area contributed by atoms with Gasteiger partial charge in [0.2, 0.25) is 0 Å². The Morgan fingerprint density at radius 2 is 2.33 bits per heavy atom. The Bertz CT molecular complexity index is 705. The van der Waals surface area contributed by atoms with Crippen molar-refractivity contribution in [1.29, 1.82) is 5.26 Å². The van der Waals surface area contributed by atoms with Crippen LogP contribution in [0, 0.1) is 21.4 Å². The van der Waals surface area contributed by atoms with Crippen molar-refractivity contribution in [3.05, 3.63) is 50.0 Å². The lowest BCUT2D eigenvalue weighted by molar-refractivity contribution is -0.384. The fourth-order valence-electron chi connectivity index (χ4n) is 1.86. The van der Waals surface area contributed by atoms with Crippen molar-refractivity contribution < 1.29 is 4.92 Å². The van der Waals surface area contributed by atoms with Crippen LogP contribution in [0.15, 0.2) is 24.4 Å². The van der Waals surface area contributed by atoms with E-state index in [9.17, 15) is 10.1 Å². The van der Waals surface area contributed by atoms with Gasteiger partial charge in [0.15, 0.2) is 0 Å². The number of aryl methyl sites for hydroxylation is 1. The molecule has 0 amide bonds. The van der Waals surface area contributed by atoms with Crippen LogP contribution >= 0.6 is 11.3 Å². The first kappa shape index (κ1) is 14.9. The number of rotatable bonds is 5. The third-order valence-electron chi connectivity index (χ3n) is 2.98. The van der Waals surface area contributed by atoms with Crippen molar-refractivity contribution in [2.45, 2.75) is 26.3 Å². The third kappa shape index (κ3) is 3.35. The summed E-state index contributed by atoms with van der Waals surface area (Å²) in [7, 11) is 0. The van der Waals surface area contributed by atoms with Crippen molar-refractivity contribution in [3.8, 4) is 6.07 Å². The van der Waals surface area contributed by atoms with Gasteiger partial charge in [-0.3, -0.25) is 10.1 Å². The zero-order chi connectivity index (χ0) is 15.4. The first-order valence-corrected chi connectivity index (χ1v) is 7.26. The van der Waals surface area contributed by atoms with Gasteiger partial charge in [0.05, 0.1) is 22.6 Å². The second-order valence-electron chi connectivity index (χ2n) is 4.49. The van der Waals surface area contributed by atoms with E-state index in [1.165, 1.54) is 23.1 Å². The topological polar surface area (TPSA) is 91.8 Å². The zero-order valence-corrected chi connectivity index (χ0v) is 12.5. The number of nitro groups is 1. The van der Waals surface area contributed by atoms with E-state index in [2.05, 4.69) is 17.2 Å². The molecule has 1 heterocycles. The molecule has 1 N–H and O–H groups in total. The van der Waals surface area contributed by atoms with Crippen LogP contribution in [0.4, 0.5) is 11.4 Å². The SMILES string of the molecule is CCc1cnc(C(C)Nc2cc(C#N)ccc2[N+](=O)[O-])s1. The highest BCUT2D eigenvalue weighted by atomic mass is 32.1. The van der Waals surface area contributed by atoms with E-state index in [0.29, 0.717) is 11.3 Å². The average molecular weight is 302 g/mol. The standard InChI is InChI=1S/C14H14N4O2S/c1-3-11-8-16-14(21-11)9(2)17-12-6-10(7-15)4-5-13(12)18(19)20/h4-6,8-9,17H,3H2,1-2H3. The van der Waals surface area contributed by atoms with Crippen LogP contribution in [0.3, 0.4) is 0 Å². The lowest BCUT2D eigenvalue weighted by atomic mass is 10.1. The van der Waals surface area contributed by atoms with Gasteiger partial charge in [0.25, 0.3) is 5.69 Å². The Balaban J connectivity index is 2.29.